The van der Waals surface area contributed by atoms with Crippen molar-refractivity contribution in [3.8, 4) is 6.07 Å². The molecular formula is C9H6N2O4. The Labute approximate surface area is 84.5 Å². The summed E-state index contributed by atoms with van der Waals surface area (Å²) in [6.45, 7) is -0.744. The van der Waals surface area contributed by atoms with Gasteiger partial charge >= 0.3 is 0 Å². The van der Waals surface area contributed by atoms with Crippen LogP contribution in [0, 0.1) is 21.4 Å². The van der Waals surface area contributed by atoms with Crippen LogP contribution < -0.4 is 0 Å². The lowest BCUT2D eigenvalue weighted by molar-refractivity contribution is -0.384. The topological polar surface area (TPSA) is 104 Å². The summed E-state index contributed by atoms with van der Waals surface area (Å²) in [5.74, 6) is -0.657. The molecule has 6 heteroatoms. The van der Waals surface area contributed by atoms with Gasteiger partial charge in [-0.1, -0.05) is 0 Å². The van der Waals surface area contributed by atoms with Gasteiger partial charge in [0.1, 0.15) is 6.61 Å². The van der Waals surface area contributed by atoms with E-state index in [0.29, 0.717) is 0 Å². The van der Waals surface area contributed by atoms with Crippen LogP contribution in [-0.2, 0) is 0 Å². The van der Waals surface area contributed by atoms with Crippen molar-refractivity contribution in [1.82, 2.24) is 0 Å². The van der Waals surface area contributed by atoms with E-state index in [1.54, 1.807) is 6.07 Å². The van der Waals surface area contributed by atoms with E-state index in [1.807, 2.05) is 0 Å². The number of Topliss-reactive ketones (excluding diaryl/α,β-unsaturated/α-hetero) is 1. The van der Waals surface area contributed by atoms with Crippen LogP contribution in [-0.4, -0.2) is 22.4 Å². The number of carbonyl (C=O) groups excluding carboxylic acids is 1. The van der Waals surface area contributed by atoms with Crippen molar-refractivity contribution < 1.29 is 14.8 Å². The number of non-ortho nitro benzene ring substituents is 1. The van der Waals surface area contributed by atoms with Crippen molar-refractivity contribution in [2.45, 2.75) is 0 Å². The molecule has 0 unspecified atom stereocenters. The van der Waals surface area contributed by atoms with Gasteiger partial charge in [0, 0.05) is 17.7 Å². The largest absolute Gasteiger partial charge is 0.388 e. The van der Waals surface area contributed by atoms with Gasteiger partial charge in [0.2, 0.25) is 0 Å². The number of aliphatic hydroxyl groups is 1. The third-order valence-corrected chi connectivity index (χ3v) is 1.72. The highest BCUT2D eigenvalue weighted by Gasteiger charge is 2.13. The molecule has 6 nitrogen and oxygen atoms in total. The summed E-state index contributed by atoms with van der Waals surface area (Å²) >= 11 is 0. The number of ketones is 1. The first-order chi connectivity index (χ1) is 7.08. The van der Waals surface area contributed by atoms with E-state index in [1.165, 1.54) is 6.07 Å². The average Bonchev–Trinajstić information content (AvgIpc) is 2.27. The van der Waals surface area contributed by atoms with Crippen molar-refractivity contribution in [2.75, 3.05) is 6.61 Å². The Morgan fingerprint density at radius 1 is 1.53 bits per heavy atom. The zero-order valence-electron chi connectivity index (χ0n) is 7.51. The van der Waals surface area contributed by atoms with Crippen LogP contribution in [0.2, 0.25) is 0 Å². The van der Waals surface area contributed by atoms with Crippen LogP contribution in [0.1, 0.15) is 15.9 Å². The molecule has 0 bridgehead atoms. The van der Waals surface area contributed by atoms with Crippen molar-refractivity contribution in [2.24, 2.45) is 0 Å². The quantitative estimate of drug-likeness (QED) is 0.444. The van der Waals surface area contributed by atoms with Gasteiger partial charge in [0.05, 0.1) is 16.6 Å². The van der Waals surface area contributed by atoms with Crippen LogP contribution in [0.25, 0.3) is 0 Å². The monoisotopic (exact) mass is 206 g/mol. The second-order valence-corrected chi connectivity index (χ2v) is 2.72. The number of nitrogens with zero attached hydrogens (tertiary/aromatic N) is 2. The van der Waals surface area contributed by atoms with Gasteiger partial charge in [-0.15, -0.1) is 0 Å². The van der Waals surface area contributed by atoms with Crippen molar-refractivity contribution in [3.05, 3.63) is 39.4 Å². The molecule has 76 valence electrons. The maximum absolute atomic E-state index is 11.1. The fourth-order valence-electron chi connectivity index (χ4n) is 1.03. The summed E-state index contributed by atoms with van der Waals surface area (Å²) in [4.78, 5) is 20.8. The summed E-state index contributed by atoms with van der Waals surface area (Å²) in [7, 11) is 0. The van der Waals surface area contributed by atoms with Gasteiger partial charge < -0.3 is 5.11 Å². The molecule has 0 spiro atoms. The van der Waals surface area contributed by atoms with Gasteiger partial charge in [-0.25, -0.2) is 0 Å². The highest BCUT2D eigenvalue weighted by Crippen LogP contribution is 2.17. The standard InChI is InChI=1S/C9H6N2O4/c10-4-6-1-7(9(13)5-12)3-8(2-6)11(14)15/h1-3,12H,5H2. The molecular weight excluding hydrogens is 200 g/mol. The molecule has 1 N–H and O–H groups in total. The molecule has 0 saturated heterocycles. The molecule has 1 aromatic rings. The van der Waals surface area contributed by atoms with Gasteiger partial charge in [-0.05, 0) is 6.07 Å². The molecule has 1 rings (SSSR count). The van der Waals surface area contributed by atoms with Crippen LogP contribution in [0.15, 0.2) is 18.2 Å². The minimum absolute atomic E-state index is 0.0148. The Morgan fingerprint density at radius 2 is 2.20 bits per heavy atom. The normalized spacial score (nSPS) is 9.33. The van der Waals surface area contributed by atoms with E-state index >= 15 is 0 Å². The van der Waals surface area contributed by atoms with Gasteiger partial charge in [0.15, 0.2) is 5.78 Å². The number of aliphatic hydroxyl groups excluding tert-OH is 1. The van der Waals surface area contributed by atoms with Crippen LogP contribution >= 0.6 is 0 Å². The predicted octanol–water partition coefficient (Wildman–Crippen LogP) is 0.641. The highest BCUT2D eigenvalue weighted by atomic mass is 16.6. The summed E-state index contributed by atoms with van der Waals surface area (Å²) in [6, 6.07) is 4.99. The Morgan fingerprint density at radius 3 is 2.67 bits per heavy atom. The molecule has 0 saturated carbocycles. The number of benzene rings is 1. The summed E-state index contributed by atoms with van der Waals surface area (Å²) in [6.07, 6.45) is 0. The number of rotatable bonds is 3. The molecule has 0 fully saturated rings. The minimum atomic E-state index is -0.744. The maximum atomic E-state index is 11.1. The number of nitro benzene ring substituents is 1. The molecule has 15 heavy (non-hydrogen) atoms. The number of carbonyl (C=O) groups is 1. The fraction of sp³-hybridized carbons (Fsp3) is 0.111. The molecule has 0 aliphatic heterocycles. The summed E-state index contributed by atoms with van der Waals surface area (Å²) < 4.78 is 0. The maximum Gasteiger partial charge on any atom is 0.271 e. The van der Waals surface area contributed by atoms with Crippen LogP contribution in [0.4, 0.5) is 5.69 Å². The third kappa shape index (κ3) is 2.36. The smallest absolute Gasteiger partial charge is 0.271 e. The SMILES string of the molecule is N#Cc1cc(C(=O)CO)cc([N+](=O)[O-])c1. The lowest BCUT2D eigenvalue weighted by Crippen LogP contribution is -2.05. The van der Waals surface area contributed by atoms with Crippen LogP contribution in [0.5, 0.6) is 0 Å². The van der Waals surface area contributed by atoms with Crippen molar-refractivity contribution in [3.63, 3.8) is 0 Å². The minimum Gasteiger partial charge on any atom is -0.388 e. The molecule has 1 aromatic carbocycles. The molecule has 0 amide bonds. The first-order valence-corrected chi connectivity index (χ1v) is 3.92. The van der Waals surface area contributed by atoms with E-state index in [9.17, 15) is 14.9 Å². The number of nitriles is 1. The Balaban J connectivity index is 3.31. The predicted molar refractivity (Wildman–Crippen MR) is 49.2 cm³/mol. The van der Waals surface area contributed by atoms with E-state index in [4.69, 9.17) is 10.4 Å². The molecule has 0 aliphatic carbocycles. The van der Waals surface area contributed by atoms with E-state index in [0.717, 1.165) is 12.1 Å². The van der Waals surface area contributed by atoms with Gasteiger partial charge in [-0.2, -0.15) is 5.26 Å². The average molecular weight is 206 g/mol. The first kappa shape index (κ1) is 10.8. The van der Waals surface area contributed by atoms with E-state index in [2.05, 4.69) is 0 Å². The highest BCUT2D eigenvalue weighted by molar-refractivity contribution is 5.97. The van der Waals surface area contributed by atoms with E-state index in [-0.39, 0.29) is 16.8 Å². The van der Waals surface area contributed by atoms with E-state index < -0.39 is 17.3 Å². The summed E-state index contributed by atoms with van der Waals surface area (Å²) in [5.41, 5.74) is -0.366. The molecule has 0 aromatic heterocycles. The number of nitro groups is 1. The van der Waals surface area contributed by atoms with Crippen molar-refractivity contribution in [1.29, 1.82) is 5.26 Å². The van der Waals surface area contributed by atoms with Crippen molar-refractivity contribution >= 4 is 11.5 Å². The van der Waals surface area contributed by atoms with Crippen LogP contribution in [0.3, 0.4) is 0 Å². The van der Waals surface area contributed by atoms with Gasteiger partial charge in [-0.3, -0.25) is 14.9 Å². The lowest BCUT2D eigenvalue weighted by Gasteiger charge is -1.98. The molecule has 0 heterocycles. The molecule has 0 aliphatic rings. The second kappa shape index (κ2) is 4.30. The number of hydrogen-bond acceptors (Lipinski definition) is 5. The molecule has 0 atom stereocenters. The Hall–Kier alpha value is -2.26. The lowest BCUT2D eigenvalue weighted by atomic mass is 10.1. The summed E-state index contributed by atoms with van der Waals surface area (Å²) in [5, 5.41) is 27.6. The third-order valence-electron chi connectivity index (χ3n) is 1.72. The van der Waals surface area contributed by atoms with Gasteiger partial charge in [0.25, 0.3) is 5.69 Å². The first-order valence-electron chi connectivity index (χ1n) is 3.92. The second-order valence-electron chi connectivity index (χ2n) is 2.72. The zero-order valence-corrected chi connectivity index (χ0v) is 7.51. The number of hydrogen-bond donors (Lipinski definition) is 1. The Bertz CT molecular complexity index is 462. The fourth-order valence-corrected chi connectivity index (χ4v) is 1.03. The Kier molecular flexibility index (Phi) is 3.10. The molecule has 0 radical (unpaired) electrons. The zero-order chi connectivity index (χ0) is 11.4.